The van der Waals surface area contributed by atoms with E-state index in [9.17, 15) is 4.79 Å². The number of piperidine rings is 1. The molecule has 1 spiro atoms. The minimum Gasteiger partial charge on any atom is -0.497 e. The first kappa shape index (κ1) is 24.0. The van der Waals surface area contributed by atoms with Gasteiger partial charge in [0.2, 0.25) is 5.91 Å². The van der Waals surface area contributed by atoms with Gasteiger partial charge in [0, 0.05) is 30.1 Å². The molecular formula is C32H32N4O3. The summed E-state index contributed by atoms with van der Waals surface area (Å²) in [6.07, 6.45) is 7.35. The highest BCUT2D eigenvalue weighted by atomic mass is 16.5. The zero-order valence-corrected chi connectivity index (χ0v) is 22.2. The molecule has 7 rings (SSSR count). The molecule has 3 heterocycles. The number of nitrogens with one attached hydrogen (secondary N) is 2. The van der Waals surface area contributed by atoms with Gasteiger partial charge in [0.25, 0.3) is 0 Å². The Morgan fingerprint density at radius 1 is 1.00 bits per heavy atom. The predicted molar refractivity (Wildman–Crippen MR) is 153 cm³/mol. The lowest BCUT2D eigenvalue weighted by atomic mass is 9.91. The van der Waals surface area contributed by atoms with Gasteiger partial charge in [-0.05, 0) is 85.5 Å². The van der Waals surface area contributed by atoms with E-state index in [1.807, 2.05) is 36.4 Å². The third-order valence-electron chi connectivity index (χ3n) is 8.62. The number of nitrogens with zero attached hydrogens (tertiary/aromatic N) is 2. The summed E-state index contributed by atoms with van der Waals surface area (Å²) in [6, 6.07) is 20.5. The number of amides is 1. The second-order valence-electron chi connectivity index (χ2n) is 11.0. The molecule has 1 amide bonds. The number of carbonyl (C=O) groups is 1. The molecule has 0 bridgehead atoms. The topological polar surface area (TPSA) is 79.5 Å². The lowest BCUT2D eigenvalue weighted by Crippen LogP contribution is -2.35. The highest BCUT2D eigenvalue weighted by molar-refractivity contribution is 6.10. The fourth-order valence-electron chi connectivity index (χ4n) is 6.23. The molecule has 2 unspecified atom stereocenters. The molecule has 1 saturated carbocycles. The largest absolute Gasteiger partial charge is 0.497 e. The van der Waals surface area contributed by atoms with Crippen LogP contribution in [0, 0.1) is 0 Å². The Labute approximate surface area is 227 Å². The van der Waals surface area contributed by atoms with Gasteiger partial charge in [0.15, 0.2) is 0 Å². The van der Waals surface area contributed by atoms with Gasteiger partial charge in [-0.15, -0.1) is 0 Å². The number of hydrogen-bond acceptors (Lipinski definition) is 5. The Morgan fingerprint density at radius 3 is 2.59 bits per heavy atom. The van der Waals surface area contributed by atoms with Crippen molar-refractivity contribution < 1.29 is 14.3 Å². The summed E-state index contributed by atoms with van der Waals surface area (Å²) in [7, 11) is 3.82. The maximum absolute atomic E-state index is 13.0. The molecule has 39 heavy (non-hydrogen) atoms. The third-order valence-corrected chi connectivity index (χ3v) is 8.62. The molecule has 0 radical (unpaired) electrons. The summed E-state index contributed by atoms with van der Waals surface area (Å²) in [5, 5.41) is 11.9. The number of rotatable bonds is 6. The van der Waals surface area contributed by atoms with Crippen molar-refractivity contribution in [2.75, 3.05) is 32.6 Å². The Bertz CT molecular complexity index is 1580. The molecule has 3 aromatic carbocycles. The number of aromatic nitrogens is 2. The van der Waals surface area contributed by atoms with E-state index in [-0.39, 0.29) is 11.8 Å². The fraction of sp³-hybridized carbons (Fsp3) is 0.312. The number of benzene rings is 3. The number of methoxy groups -OCH3 is 1. The number of fused-ring (bicyclic) bond motifs is 3. The summed E-state index contributed by atoms with van der Waals surface area (Å²) in [4.78, 5) is 15.4. The van der Waals surface area contributed by atoms with Crippen molar-refractivity contribution in [3.05, 3.63) is 83.0 Å². The normalized spacial score (nSPS) is 22.9. The molecule has 2 aliphatic heterocycles. The Hall–Kier alpha value is -4.10. The van der Waals surface area contributed by atoms with Crippen molar-refractivity contribution in [3.63, 3.8) is 0 Å². The number of anilines is 1. The number of ether oxygens (including phenoxy) is 2. The van der Waals surface area contributed by atoms with Crippen molar-refractivity contribution in [3.8, 4) is 11.5 Å². The molecule has 4 aromatic rings. The number of H-pyrrole nitrogens is 1. The first-order valence-corrected chi connectivity index (χ1v) is 13.6. The highest BCUT2D eigenvalue weighted by Gasteiger charge is 2.65. The number of carbonyl (C=O) groups excluding carboxylic acids is 1. The second kappa shape index (κ2) is 9.27. The minimum absolute atomic E-state index is 0.0758. The third kappa shape index (κ3) is 4.17. The van der Waals surface area contributed by atoms with Crippen molar-refractivity contribution in [1.29, 1.82) is 0 Å². The molecule has 198 valence electrons. The maximum Gasteiger partial charge on any atom is 0.235 e. The quantitative estimate of drug-likeness (QED) is 0.346. The smallest absolute Gasteiger partial charge is 0.235 e. The van der Waals surface area contributed by atoms with Crippen LogP contribution in [0.3, 0.4) is 0 Å². The summed E-state index contributed by atoms with van der Waals surface area (Å²) in [5.74, 6) is 1.91. The highest BCUT2D eigenvalue weighted by Crippen LogP contribution is 2.65. The Balaban J connectivity index is 1.06. The van der Waals surface area contributed by atoms with Crippen LogP contribution in [0.15, 0.2) is 60.7 Å². The van der Waals surface area contributed by atoms with E-state index in [0.717, 1.165) is 82.8 Å². The van der Waals surface area contributed by atoms with Crippen molar-refractivity contribution in [2.45, 2.75) is 36.7 Å². The summed E-state index contributed by atoms with van der Waals surface area (Å²) >= 11 is 0. The summed E-state index contributed by atoms with van der Waals surface area (Å²) < 4.78 is 11.6. The van der Waals surface area contributed by atoms with E-state index in [1.54, 1.807) is 7.11 Å². The van der Waals surface area contributed by atoms with Crippen LogP contribution in [0.2, 0.25) is 0 Å². The molecule has 3 aliphatic rings. The molecule has 2 fully saturated rings. The standard InChI is InChI=1S/C32H32N4O3/c1-36-15-13-23(14-16-36)39-22-7-3-20(4-8-22)5-11-28-25-10-6-21(17-30(25)35-34-28)27-19-32(27)26-18-24(38-2)9-12-29(26)33-31(32)37/h3-12,17-18,23,27H,13-16,19H2,1-2H3,(H,33,37)(H,34,35)/b11-5+. The van der Waals surface area contributed by atoms with Crippen LogP contribution in [0.4, 0.5) is 5.69 Å². The van der Waals surface area contributed by atoms with E-state index in [0.29, 0.717) is 6.10 Å². The van der Waals surface area contributed by atoms with E-state index >= 15 is 0 Å². The van der Waals surface area contributed by atoms with Gasteiger partial charge in [-0.2, -0.15) is 5.10 Å². The van der Waals surface area contributed by atoms with Crippen LogP contribution in [0.1, 0.15) is 47.6 Å². The van der Waals surface area contributed by atoms with Gasteiger partial charge in [-0.1, -0.05) is 30.3 Å². The van der Waals surface area contributed by atoms with E-state index in [2.05, 4.69) is 63.9 Å². The summed E-state index contributed by atoms with van der Waals surface area (Å²) in [6.45, 7) is 2.18. The van der Waals surface area contributed by atoms with E-state index in [1.165, 1.54) is 0 Å². The lowest BCUT2D eigenvalue weighted by Gasteiger charge is -2.29. The number of likely N-dealkylation sites (tertiary alicyclic amines) is 1. The van der Waals surface area contributed by atoms with Gasteiger partial charge in [0.1, 0.15) is 17.6 Å². The van der Waals surface area contributed by atoms with Gasteiger partial charge < -0.3 is 19.7 Å². The Morgan fingerprint density at radius 2 is 1.79 bits per heavy atom. The zero-order chi connectivity index (χ0) is 26.6. The monoisotopic (exact) mass is 520 g/mol. The van der Waals surface area contributed by atoms with E-state index in [4.69, 9.17) is 9.47 Å². The SMILES string of the molecule is COc1ccc2c(c1)C1(CC1c1ccc3c(/C=C/c4ccc(OC5CCN(C)CC5)cc4)n[nH]c3c1)C(=O)N2. The van der Waals surface area contributed by atoms with Gasteiger partial charge in [-0.25, -0.2) is 0 Å². The first-order valence-electron chi connectivity index (χ1n) is 13.6. The molecule has 1 aromatic heterocycles. The van der Waals surface area contributed by atoms with Crippen LogP contribution in [0.5, 0.6) is 11.5 Å². The van der Waals surface area contributed by atoms with Crippen LogP contribution < -0.4 is 14.8 Å². The molecule has 7 nitrogen and oxygen atoms in total. The molecule has 2 N–H and O–H groups in total. The molecule has 1 aliphatic carbocycles. The zero-order valence-electron chi connectivity index (χ0n) is 22.2. The molecule has 7 heteroatoms. The molecule has 2 atom stereocenters. The van der Waals surface area contributed by atoms with Crippen LogP contribution in [0.25, 0.3) is 23.1 Å². The maximum atomic E-state index is 13.0. The fourth-order valence-corrected chi connectivity index (χ4v) is 6.23. The first-order chi connectivity index (χ1) is 19.0. The molecular weight excluding hydrogens is 488 g/mol. The van der Waals surface area contributed by atoms with Crippen LogP contribution >= 0.6 is 0 Å². The lowest BCUT2D eigenvalue weighted by molar-refractivity contribution is -0.118. The van der Waals surface area contributed by atoms with Gasteiger partial charge in [0.05, 0.1) is 23.7 Å². The summed E-state index contributed by atoms with van der Waals surface area (Å²) in [5.41, 5.74) is 5.52. The predicted octanol–water partition coefficient (Wildman–Crippen LogP) is 5.59. The van der Waals surface area contributed by atoms with Crippen LogP contribution in [-0.2, 0) is 10.2 Å². The molecule has 1 saturated heterocycles. The van der Waals surface area contributed by atoms with Gasteiger partial charge >= 0.3 is 0 Å². The number of hydrogen-bond donors (Lipinski definition) is 2. The van der Waals surface area contributed by atoms with Crippen molar-refractivity contribution in [1.82, 2.24) is 15.1 Å². The van der Waals surface area contributed by atoms with Crippen molar-refractivity contribution in [2.24, 2.45) is 0 Å². The van der Waals surface area contributed by atoms with Crippen molar-refractivity contribution >= 4 is 34.6 Å². The van der Waals surface area contributed by atoms with Gasteiger partial charge in [-0.3, -0.25) is 9.89 Å². The van der Waals surface area contributed by atoms with Crippen LogP contribution in [-0.4, -0.2) is 54.4 Å². The minimum atomic E-state index is -0.510. The van der Waals surface area contributed by atoms with E-state index < -0.39 is 5.41 Å². The average molecular weight is 521 g/mol. The second-order valence-corrected chi connectivity index (χ2v) is 11.0. The Kier molecular flexibility index (Phi) is 5.70. The average Bonchev–Trinajstić information content (AvgIpc) is 3.50. The number of aromatic amines is 1.